The molecule has 10 nitrogen and oxygen atoms in total. The Morgan fingerprint density at radius 2 is 1.10 bits per heavy atom. The predicted octanol–water partition coefficient (Wildman–Crippen LogP) is 17.9. The van der Waals surface area contributed by atoms with E-state index in [0.717, 1.165) is 166 Å². The molecule has 1 spiro atoms. The third-order valence-corrected chi connectivity index (χ3v) is 18.7. The lowest BCUT2D eigenvalue weighted by Gasteiger charge is -2.38. The third-order valence-electron chi connectivity index (χ3n) is 18.7. The predicted molar refractivity (Wildman–Crippen MR) is 354 cm³/mol. The van der Waals surface area contributed by atoms with Gasteiger partial charge >= 0.3 is 11.9 Å². The zero-order valence-electron chi connectivity index (χ0n) is 51.4. The molecule has 10 aromatic rings. The summed E-state index contributed by atoms with van der Waals surface area (Å²) >= 11 is 0. The number of ether oxygens (including phenoxy) is 3. The highest BCUT2D eigenvalue weighted by Crippen LogP contribution is 2.58. The highest BCUT2D eigenvalue weighted by Gasteiger charge is 2.54. The Hall–Kier alpha value is -9.28. The van der Waals surface area contributed by atoms with E-state index in [-0.39, 0.29) is 11.9 Å². The number of nitrogens with zero attached hydrogens (tertiary/aromatic N) is 4. The first-order valence-electron chi connectivity index (χ1n) is 31.4. The fourth-order valence-electron chi connectivity index (χ4n) is 14.2. The van der Waals surface area contributed by atoms with Crippen molar-refractivity contribution in [1.29, 1.82) is 0 Å². The second-order valence-corrected chi connectivity index (χ2v) is 23.6. The molecule has 10 heteroatoms. The van der Waals surface area contributed by atoms with Crippen LogP contribution in [0.1, 0.15) is 142 Å². The van der Waals surface area contributed by atoms with Gasteiger partial charge in [-0.15, -0.1) is 0 Å². The molecule has 2 atom stereocenters. The number of likely N-dealkylation sites (N-methyl/N-ethyl adjacent to an activating group) is 1. The molecule has 0 bridgehead atoms. The molecule has 8 aromatic carbocycles. The van der Waals surface area contributed by atoms with Gasteiger partial charge in [0.2, 0.25) is 0 Å². The van der Waals surface area contributed by atoms with Crippen molar-refractivity contribution in [2.24, 2.45) is 0 Å². The summed E-state index contributed by atoms with van der Waals surface area (Å²) < 4.78 is 25.2. The number of carbonyl (C=O) groups is 2. The summed E-state index contributed by atoms with van der Waals surface area (Å²) in [5, 5.41) is 6.05. The molecule has 440 valence electrons. The topological polar surface area (TPSA) is 90.2 Å². The maximum absolute atomic E-state index is 14.3. The summed E-state index contributed by atoms with van der Waals surface area (Å²) in [6.45, 7) is 22.8. The summed E-state index contributed by atoms with van der Waals surface area (Å²) in [5.74, 6) is 0.701. The number of anilines is 4. The molecule has 3 aliphatic heterocycles. The lowest BCUT2D eigenvalue weighted by molar-refractivity contribution is 0.0222. The lowest BCUT2D eigenvalue weighted by atomic mass is 9.77. The number of rotatable bonds is 20. The van der Waals surface area contributed by atoms with Gasteiger partial charge in [0.1, 0.15) is 11.5 Å². The van der Waals surface area contributed by atoms with E-state index in [9.17, 15) is 9.59 Å². The Bertz CT molecular complexity index is 4220. The molecular formula is C77H77N5O5. The van der Waals surface area contributed by atoms with E-state index in [1.165, 1.54) is 16.6 Å². The molecule has 0 fully saturated rings. The van der Waals surface area contributed by atoms with Crippen molar-refractivity contribution < 1.29 is 23.8 Å². The fraction of sp³-hybridized carbons (Fsp3) is 0.273. The van der Waals surface area contributed by atoms with Crippen LogP contribution in [0.3, 0.4) is 0 Å². The van der Waals surface area contributed by atoms with Gasteiger partial charge in [0.15, 0.2) is 11.2 Å². The van der Waals surface area contributed by atoms with Gasteiger partial charge in [-0.25, -0.2) is 9.59 Å². The molecule has 0 radical (unpaired) electrons. The molecule has 0 aliphatic carbocycles. The first-order valence-corrected chi connectivity index (χ1v) is 31.4. The molecule has 0 saturated heterocycles. The van der Waals surface area contributed by atoms with Gasteiger partial charge in [-0.2, -0.15) is 0 Å². The maximum atomic E-state index is 14.3. The standard InChI is InChI=1S/C77H77N5O5/c1-9-14-43-80(44-15-10-2)57-40-41-65-71(47-57)85-70-46-50(6)67(48-66(70)77(65)64-29-21-17-25-59(64)75(84)87-77)78-55-36-32-53(33-37-55)42-45-79(11-3)56-38-34-54(35-39-56)76(63-28-20-16-24-58(63)74(83)86-76)49-62(72-51(7)81(12-4)68-30-22-18-26-60(68)72)73-52(8)82(13-5)69-31-23-19-27-61(69)73/h16-41,46-49,78H,9-15,42-45H2,1-8H3. The maximum Gasteiger partial charge on any atom is 0.340 e. The first-order chi connectivity index (χ1) is 42.4. The minimum Gasteiger partial charge on any atom is -0.456 e. The zero-order valence-corrected chi connectivity index (χ0v) is 51.4. The van der Waals surface area contributed by atoms with Crippen LogP contribution >= 0.6 is 0 Å². The molecule has 13 rings (SSSR count). The smallest absolute Gasteiger partial charge is 0.340 e. The van der Waals surface area contributed by atoms with Gasteiger partial charge in [0.25, 0.3) is 0 Å². The number of aryl methyl sites for hydroxylation is 3. The monoisotopic (exact) mass is 1150 g/mol. The van der Waals surface area contributed by atoms with Gasteiger partial charge in [0.05, 0.1) is 11.1 Å². The van der Waals surface area contributed by atoms with Gasteiger partial charge in [-0.3, -0.25) is 0 Å². The Morgan fingerprint density at radius 1 is 0.540 bits per heavy atom. The lowest BCUT2D eigenvalue weighted by Crippen LogP contribution is -2.33. The fourth-order valence-corrected chi connectivity index (χ4v) is 14.2. The van der Waals surface area contributed by atoms with Crippen LogP contribution in [0, 0.1) is 20.8 Å². The first kappa shape index (κ1) is 56.8. The molecular weight excluding hydrogens is 1070 g/mol. The summed E-state index contributed by atoms with van der Waals surface area (Å²) in [6.07, 6.45) is 7.53. The molecule has 5 heterocycles. The van der Waals surface area contributed by atoms with E-state index in [2.05, 4.69) is 219 Å². The number of hydrogen-bond acceptors (Lipinski definition) is 8. The van der Waals surface area contributed by atoms with Crippen LogP contribution in [-0.2, 0) is 40.2 Å². The number of hydrogen-bond donors (Lipinski definition) is 1. The van der Waals surface area contributed by atoms with Crippen LogP contribution in [0.2, 0.25) is 0 Å². The summed E-state index contributed by atoms with van der Waals surface area (Å²) in [6, 6.07) is 61.0. The Labute approximate surface area is 511 Å². The minimum absolute atomic E-state index is 0.336. The van der Waals surface area contributed by atoms with Crippen LogP contribution < -0.4 is 19.9 Å². The normalized spacial score (nSPS) is 16.3. The molecule has 2 aromatic heterocycles. The Kier molecular flexibility index (Phi) is 15.1. The van der Waals surface area contributed by atoms with Crippen LogP contribution in [0.5, 0.6) is 11.5 Å². The molecule has 3 aliphatic rings. The Morgan fingerprint density at radius 3 is 1.72 bits per heavy atom. The molecule has 0 amide bonds. The number of para-hydroxylation sites is 2. The van der Waals surface area contributed by atoms with Crippen LogP contribution in [-0.4, -0.2) is 47.3 Å². The van der Waals surface area contributed by atoms with E-state index in [1.54, 1.807) is 0 Å². The van der Waals surface area contributed by atoms with Crippen molar-refractivity contribution in [2.45, 2.75) is 112 Å². The second kappa shape index (κ2) is 23.2. The molecule has 1 N–H and O–H groups in total. The van der Waals surface area contributed by atoms with Gasteiger partial charge in [-0.05, 0) is 156 Å². The SMILES string of the molecule is CCCCN(CCCC)c1ccc2c(c1)Oc1cc(C)c(Nc3ccc(CCN(CC)c4ccc(C5(C=C(c6c(C)n(CC)c7ccccc67)c6c(C)n(CC)c7ccccc67)OC(=O)c6ccccc65)cc4)cc3)cc1C21OC(=O)c2ccccc21. The van der Waals surface area contributed by atoms with E-state index in [4.69, 9.17) is 14.2 Å². The zero-order chi connectivity index (χ0) is 60.1. The average molecular weight is 1150 g/mol. The Balaban J connectivity index is 0.793. The van der Waals surface area contributed by atoms with Crippen LogP contribution in [0.4, 0.5) is 22.7 Å². The van der Waals surface area contributed by atoms with Crippen molar-refractivity contribution in [1.82, 2.24) is 9.13 Å². The molecule has 87 heavy (non-hydrogen) atoms. The number of aromatic nitrogens is 2. The van der Waals surface area contributed by atoms with Gasteiger partial charge < -0.3 is 38.5 Å². The van der Waals surface area contributed by atoms with Crippen molar-refractivity contribution >= 4 is 62.1 Å². The van der Waals surface area contributed by atoms with Crippen LogP contribution in [0.25, 0.3) is 27.4 Å². The number of fused-ring (bicyclic) bond motifs is 9. The average Bonchev–Trinajstić information content (AvgIpc) is 1.71. The summed E-state index contributed by atoms with van der Waals surface area (Å²) in [4.78, 5) is 33.0. The summed E-state index contributed by atoms with van der Waals surface area (Å²) in [5.41, 5.74) is 17.1. The largest absolute Gasteiger partial charge is 0.456 e. The summed E-state index contributed by atoms with van der Waals surface area (Å²) in [7, 11) is 0. The van der Waals surface area contributed by atoms with E-state index >= 15 is 0 Å². The van der Waals surface area contributed by atoms with Crippen molar-refractivity contribution in [2.75, 3.05) is 41.3 Å². The third kappa shape index (κ3) is 9.56. The number of benzene rings is 8. The minimum atomic E-state index is -1.24. The van der Waals surface area contributed by atoms with E-state index in [0.29, 0.717) is 22.6 Å². The molecule has 0 saturated carbocycles. The highest BCUT2D eigenvalue weighted by molar-refractivity contribution is 6.07. The molecule has 2 unspecified atom stereocenters. The number of esters is 2. The number of cyclic esters (lactones) is 1. The van der Waals surface area contributed by atoms with Crippen molar-refractivity contribution in [3.63, 3.8) is 0 Å². The van der Waals surface area contributed by atoms with Crippen LogP contribution in [0.15, 0.2) is 182 Å². The van der Waals surface area contributed by atoms with E-state index < -0.39 is 11.2 Å². The number of unbranched alkanes of at least 4 members (excludes halogenated alkanes) is 2. The number of nitrogens with one attached hydrogen (secondary N) is 1. The van der Waals surface area contributed by atoms with E-state index in [1.807, 2.05) is 42.5 Å². The van der Waals surface area contributed by atoms with Gasteiger partial charge in [0, 0.05) is 140 Å². The number of carbonyl (C=O) groups excluding carboxylic acids is 2. The van der Waals surface area contributed by atoms with Crippen molar-refractivity contribution in [3.8, 4) is 11.5 Å². The van der Waals surface area contributed by atoms with Gasteiger partial charge in [-0.1, -0.05) is 124 Å². The second-order valence-electron chi connectivity index (χ2n) is 23.6. The quantitative estimate of drug-likeness (QED) is 0.0755. The van der Waals surface area contributed by atoms with Crippen molar-refractivity contribution in [3.05, 3.63) is 255 Å². The highest BCUT2D eigenvalue weighted by atomic mass is 16.6.